The summed E-state index contributed by atoms with van der Waals surface area (Å²) in [6.45, 7) is 7.74. The molecule has 6 nitrogen and oxygen atoms in total. The smallest absolute Gasteiger partial charge is 0.246 e. The van der Waals surface area contributed by atoms with Crippen LogP contribution in [0, 0.1) is 20.8 Å². The molecule has 1 aliphatic rings. The molecule has 0 N–H and O–H groups in total. The second-order valence-electron chi connectivity index (χ2n) is 6.45. The van der Waals surface area contributed by atoms with Gasteiger partial charge in [0.2, 0.25) is 10.0 Å². The summed E-state index contributed by atoms with van der Waals surface area (Å²) in [5, 5.41) is 4.93. The van der Waals surface area contributed by atoms with E-state index < -0.39 is 10.0 Å². The standard InChI is InChI=1S/C17H23ClN4O2S/c1-12-5-6-15(18)11-16(12)21-7-9-22(10-8-21)25(23,24)17-13(2)19-20(4)14(17)3/h5-6,11H,7-10H2,1-4H3. The van der Waals surface area contributed by atoms with Gasteiger partial charge in [0.05, 0.1) is 11.4 Å². The molecular formula is C17H23ClN4O2S. The largest absolute Gasteiger partial charge is 0.369 e. The zero-order chi connectivity index (χ0) is 18.4. The number of hydrogen-bond donors (Lipinski definition) is 0. The number of aromatic nitrogens is 2. The van der Waals surface area contributed by atoms with E-state index in [0.29, 0.717) is 47.5 Å². The van der Waals surface area contributed by atoms with Gasteiger partial charge < -0.3 is 4.90 Å². The molecule has 1 aliphatic heterocycles. The molecule has 2 heterocycles. The first-order chi connectivity index (χ1) is 11.7. The van der Waals surface area contributed by atoms with Crippen molar-refractivity contribution in [1.29, 1.82) is 0 Å². The summed E-state index contributed by atoms with van der Waals surface area (Å²) in [5.74, 6) is 0. The van der Waals surface area contributed by atoms with Crippen molar-refractivity contribution in [3.63, 3.8) is 0 Å². The number of piperazine rings is 1. The molecule has 25 heavy (non-hydrogen) atoms. The summed E-state index contributed by atoms with van der Waals surface area (Å²) < 4.78 is 29.3. The van der Waals surface area contributed by atoms with Crippen LogP contribution in [-0.2, 0) is 17.1 Å². The lowest BCUT2D eigenvalue weighted by Gasteiger charge is -2.36. The Labute approximate surface area is 154 Å². The van der Waals surface area contributed by atoms with E-state index in [2.05, 4.69) is 10.00 Å². The van der Waals surface area contributed by atoms with E-state index in [9.17, 15) is 8.42 Å². The zero-order valence-electron chi connectivity index (χ0n) is 15.0. The SMILES string of the molecule is Cc1ccc(Cl)cc1N1CCN(S(=O)(=O)c2c(C)nn(C)c2C)CC1. The highest BCUT2D eigenvalue weighted by Gasteiger charge is 2.33. The second kappa shape index (κ2) is 6.63. The Morgan fingerprint density at radius 2 is 1.72 bits per heavy atom. The predicted octanol–water partition coefficient (Wildman–Crippen LogP) is 2.51. The van der Waals surface area contributed by atoms with E-state index in [0.717, 1.165) is 11.3 Å². The Morgan fingerprint density at radius 3 is 2.28 bits per heavy atom. The average Bonchev–Trinajstić information content (AvgIpc) is 2.83. The number of rotatable bonds is 3. The Morgan fingerprint density at radius 1 is 1.08 bits per heavy atom. The van der Waals surface area contributed by atoms with Gasteiger partial charge in [0.15, 0.2) is 0 Å². The predicted molar refractivity (Wildman–Crippen MR) is 99.8 cm³/mol. The molecule has 0 spiro atoms. The minimum atomic E-state index is -3.53. The molecule has 0 amide bonds. The van der Waals surface area contributed by atoms with Crippen LogP contribution in [0.2, 0.25) is 5.02 Å². The lowest BCUT2D eigenvalue weighted by molar-refractivity contribution is 0.384. The van der Waals surface area contributed by atoms with Crippen LogP contribution in [0.15, 0.2) is 23.1 Å². The minimum absolute atomic E-state index is 0.336. The van der Waals surface area contributed by atoms with Crippen LogP contribution in [0.3, 0.4) is 0 Å². The van der Waals surface area contributed by atoms with Gasteiger partial charge >= 0.3 is 0 Å². The summed E-state index contributed by atoms with van der Waals surface area (Å²) >= 11 is 6.11. The van der Waals surface area contributed by atoms with Gasteiger partial charge in [0, 0.05) is 43.9 Å². The Kier molecular flexibility index (Phi) is 4.83. The number of nitrogens with zero attached hydrogens (tertiary/aromatic N) is 4. The van der Waals surface area contributed by atoms with Crippen LogP contribution in [0.25, 0.3) is 0 Å². The lowest BCUT2D eigenvalue weighted by Crippen LogP contribution is -2.49. The minimum Gasteiger partial charge on any atom is -0.369 e. The van der Waals surface area contributed by atoms with Crippen molar-refractivity contribution in [2.75, 3.05) is 31.1 Å². The third-order valence-electron chi connectivity index (χ3n) is 4.79. The molecule has 0 atom stereocenters. The van der Waals surface area contributed by atoms with Gasteiger partial charge in [-0.05, 0) is 38.5 Å². The highest BCUT2D eigenvalue weighted by atomic mass is 35.5. The fourth-order valence-corrected chi connectivity index (χ4v) is 5.34. The maximum atomic E-state index is 13.0. The number of hydrogen-bond acceptors (Lipinski definition) is 4. The summed E-state index contributed by atoms with van der Waals surface area (Å²) in [7, 11) is -1.76. The normalized spacial score (nSPS) is 16.4. The van der Waals surface area contributed by atoms with Crippen LogP contribution in [0.5, 0.6) is 0 Å². The monoisotopic (exact) mass is 382 g/mol. The average molecular weight is 383 g/mol. The summed E-state index contributed by atoms with van der Waals surface area (Å²) in [6, 6.07) is 5.80. The van der Waals surface area contributed by atoms with E-state index in [1.807, 2.05) is 25.1 Å². The Hall–Kier alpha value is -1.57. The molecule has 0 radical (unpaired) electrons. The molecule has 136 valence electrons. The summed E-state index contributed by atoms with van der Waals surface area (Å²) in [4.78, 5) is 2.53. The van der Waals surface area contributed by atoms with Gasteiger partial charge in [-0.3, -0.25) is 4.68 Å². The first kappa shape index (κ1) is 18.2. The van der Waals surface area contributed by atoms with Crippen LogP contribution in [-0.4, -0.2) is 48.7 Å². The molecule has 0 aliphatic carbocycles. The van der Waals surface area contributed by atoms with Crippen molar-refractivity contribution < 1.29 is 8.42 Å². The number of anilines is 1. The Balaban J connectivity index is 1.81. The maximum absolute atomic E-state index is 13.0. The van der Waals surface area contributed by atoms with Gasteiger partial charge in [0.1, 0.15) is 4.90 Å². The van der Waals surface area contributed by atoms with E-state index in [4.69, 9.17) is 11.6 Å². The topological polar surface area (TPSA) is 58.4 Å². The number of sulfonamides is 1. The van der Waals surface area contributed by atoms with Gasteiger partial charge in [-0.25, -0.2) is 8.42 Å². The third-order valence-corrected chi connectivity index (χ3v) is 7.18. The van der Waals surface area contributed by atoms with Crippen molar-refractivity contribution in [3.05, 3.63) is 40.2 Å². The molecule has 1 saturated heterocycles. The highest BCUT2D eigenvalue weighted by molar-refractivity contribution is 7.89. The van der Waals surface area contributed by atoms with E-state index >= 15 is 0 Å². The van der Waals surface area contributed by atoms with Crippen LogP contribution in [0.1, 0.15) is 17.0 Å². The number of halogens is 1. The molecule has 1 aromatic carbocycles. The molecule has 0 bridgehead atoms. The first-order valence-corrected chi connectivity index (χ1v) is 10.0. The summed E-state index contributed by atoms with van der Waals surface area (Å²) in [5.41, 5.74) is 3.43. The van der Waals surface area contributed by atoms with E-state index in [1.54, 1.807) is 29.9 Å². The quantitative estimate of drug-likeness (QED) is 0.818. The molecule has 2 aromatic rings. The van der Waals surface area contributed by atoms with Crippen LogP contribution < -0.4 is 4.90 Å². The van der Waals surface area contributed by atoms with Gasteiger partial charge in [-0.15, -0.1) is 0 Å². The van der Waals surface area contributed by atoms with Crippen LogP contribution in [0.4, 0.5) is 5.69 Å². The van der Waals surface area contributed by atoms with Gasteiger partial charge in [0.25, 0.3) is 0 Å². The molecule has 1 aromatic heterocycles. The van der Waals surface area contributed by atoms with Gasteiger partial charge in [-0.2, -0.15) is 9.40 Å². The highest BCUT2D eigenvalue weighted by Crippen LogP contribution is 2.28. The first-order valence-electron chi connectivity index (χ1n) is 8.23. The number of benzene rings is 1. The molecule has 0 unspecified atom stereocenters. The fourth-order valence-electron chi connectivity index (χ4n) is 3.35. The Bertz CT molecular complexity index is 900. The van der Waals surface area contributed by atoms with Crippen LogP contribution >= 0.6 is 11.6 Å². The molecule has 0 saturated carbocycles. The second-order valence-corrected chi connectivity index (χ2v) is 8.76. The third kappa shape index (κ3) is 3.28. The number of aryl methyl sites for hydroxylation is 3. The van der Waals surface area contributed by atoms with Crippen molar-refractivity contribution in [2.24, 2.45) is 7.05 Å². The zero-order valence-corrected chi connectivity index (χ0v) is 16.5. The molecule has 1 fully saturated rings. The maximum Gasteiger partial charge on any atom is 0.246 e. The molecule has 8 heteroatoms. The fraction of sp³-hybridized carbons (Fsp3) is 0.471. The van der Waals surface area contributed by atoms with E-state index in [1.165, 1.54) is 0 Å². The van der Waals surface area contributed by atoms with Crippen molar-refractivity contribution in [3.8, 4) is 0 Å². The van der Waals surface area contributed by atoms with Crippen molar-refractivity contribution in [1.82, 2.24) is 14.1 Å². The lowest BCUT2D eigenvalue weighted by atomic mass is 10.1. The van der Waals surface area contributed by atoms with Crippen molar-refractivity contribution in [2.45, 2.75) is 25.7 Å². The van der Waals surface area contributed by atoms with Crippen molar-refractivity contribution >= 4 is 27.3 Å². The molecule has 3 rings (SSSR count). The van der Waals surface area contributed by atoms with Gasteiger partial charge in [-0.1, -0.05) is 17.7 Å². The summed E-state index contributed by atoms with van der Waals surface area (Å²) in [6.07, 6.45) is 0. The van der Waals surface area contributed by atoms with E-state index in [-0.39, 0.29) is 0 Å². The molecular weight excluding hydrogens is 360 g/mol.